The summed E-state index contributed by atoms with van der Waals surface area (Å²) < 4.78 is 0. The van der Waals surface area contributed by atoms with Gasteiger partial charge in [0.1, 0.15) is 0 Å². The number of rotatable bonds is 12. The highest BCUT2D eigenvalue weighted by molar-refractivity contribution is 4.72. The average molecular weight is 239 g/mol. The molecule has 17 heavy (non-hydrogen) atoms. The summed E-state index contributed by atoms with van der Waals surface area (Å²) in [6.07, 6.45) is 17.8. The lowest BCUT2D eigenvalue weighted by Gasteiger charge is -2.08. The maximum Gasteiger partial charge on any atom is -0.00248 e. The van der Waals surface area contributed by atoms with Crippen molar-refractivity contribution in [1.82, 2.24) is 4.90 Å². The van der Waals surface area contributed by atoms with Gasteiger partial charge >= 0.3 is 0 Å². The summed E-state index contributed by atoms with van der Waals surface area (Å²) in [5.41, 5.74) is 0. The Morgan fingerprint density at radius 2 is 1.18 bits per heavy atom. The summed E-state index contributed by atoms with van der Waals surface area (Å²) in [6, 6.07) is 0. The van der Waals surface area contributed by atoms with Gasteiger partial charge in [-0.15, -0.1) is 0 Å². The second kappa shape index (κ2) is 9.94. The molecule has 1 saturated carbocycles. The normalized spacial score (nSPS) is 15.7. The summed E-state index contributed by atoms with van der Waals surface area (Å²) in [5, 5.41) is 0. The van der Waals surface area contributed by atoms with Crippen molar-refractivity contribution in [2.24, 2.45) is 5.92 Å². The Kier molecular flexibility index (Phi) is 8.78. The lowest BCUT2D eigenvalue weighted by molar-refractivity contribution is 0.389. The van der Waals surface area contributed by atoms with Gasteiger partial charge in [-0.05, 0) is 33.0 Å². The molecule has 0 aromatic rings. The summed E-state index contributed by atoms with van der Waals surface area (Å²) in [7, 11) is 4.34. The first-order chi connectivity index (χ1) is 8.29. The Morgan fingerprint density at radius 3 is 1.65 bits per heavy atom. The highest BCUT2D eigenvalue weighted by Gasteiger charge is 2.19. The van der Waals surface area contributed by atoms with Crippen LogP contribution in [0.15, 0.2) is 0 Å². The fourth-order valence-electron chi connectivity index (χ4n) is 2.51. The van der Waals surface area contributed by atoms with Crippen LogP contribution in [0, 0.1) is 5.92 Å². The predicted octanol–water partition coefficient (Wildman–Crippen LogP) is 4.86. The van der Waals surface area contributed by atoms with Gasteiger partial charge in [-0.1, -0.05) is 70.6 Å². The van der Waals surface area contributed by atoms with Gasteiger partial charge in [0.15, 0.2) is 0 Å². The minimum absolute atomic E-state index is 1.15. The summed E-state index contributed by atoms with van der Waals surface area (Å²) in [5.74, 6) is 1.15. The molecule has 1 fully saturated rings. The lowest BCUT2D eigenvalue weighted by atomic mass is 10.1. The first kappa shape index (κ1) is 15.0. The Morgan fingerprint density at radius 1 is 0.706 bits per heavy atom. The first-order valence-corrected chi connectivity index (χ1v) is 7.94. The van der Waals surface area contributed by atoms with Gasteiger partial charge < -0.3 is 4.90 Å². The molecule has 0 amide bonds. The SMILES string of the molecule is CN(C)CCCCCCCCCCCC1CC1. The zero-order valence-corrected chi connectivity index (χ0v) is 12.2. The molecule has 1 nitrogen and oxygen atoms in total. The van der Waals surface area contributed by atoms with Crippen molar-refractivity contribution >= 4 is 0 Å². The maximum absolute atomic E-state index is 2.29. The van der Waals surface area contributed by atoms with Crippen LogP contribution in [0.25, 0.3) is 0 Å². The van der Waals surface area contributed by atoms with Gasteiger partial charge in [-0.3, -0.25) is 0 Å². The van der Waals surface area contributed by atoms with Crippen LogP contribution in [-0.4, -0.2) is 25.5 Å². The van der Waals surface area contributed by atoms with Crippen molar-refractivity contribution in [1.29, 1.82) is 0 Å². The van der Waals surface area contributed by atoms with Crippen molar-refractivity contribution in [2.45, 2.75) is 77.0 Å². The summed E-state index contributed by atoms with van der Waals surface area (Å²) >= 11 is 0. The van der Waals surface area contributed by atoms with E-state index < -0.39 is 0 Å². The van der Waals surface area contributed by atoms with Crippen molar-refractivity contribution in [3.63, 3.8) is 0 Å². The van der Waals surface area contributed by atoms with E-state index in [1.165, 1.54) is 83.6 Å². The molecule has 0 atom stereocenters. The molecular formula is C16H33N. The molecule has 0 unspecified atom stereocenters. The fourth-order valence-corrected chi connectivity index (χ4v) is 2.51. The number of nitrogens with zero attached hydrogens (tertiary/aromatic N) is 1. The molecule has 0 spiro atoms. The topological polar surface area (TPSA) is 3.24 Å². The molecule has 0 aliphatic heterocycles. The third-order valence-electron chi connectivity index (χ3n) is 3.91. The van der Waals surface area contributed by atoms with Gasteiger partial charge in [0.05, 0.1) is 0 Å². The van der Waals surface area contributed by atoms with Gasteiger partial charge in [0.25, 0.3) is 0 Å². The molecule has 0 saturated heterocycles. The Labute approximate surface area is 109 Å². The highest BCUT2D eigenvalue weighted by Crippen LogP contribution is 2.34. The molecule has 102 valence electrons. The third kappa shape index (κ3) is 10.8. The van der Waals surface area contributed by atoms with Gasteiger partial charge in [-0.25, -0.2) is 0 Å². The van der Waals surface area contributed by atoms with Gasteiger partial charge in [0, 0.05) is 0 Å². The second-order valence-corrected chi connectivity index (χ2v) is 6.22. The van der Waals surface area contributed by atoms with Crippen LogP contribution in [-0.2, 0) is 0 Å². The zero-order valence-electron chi connectivity index (χ0n) is 12.2. The van der Waals surface area contributed by atoms with Crippen LogP contribution in [0.2, 0.25) is 0 Å². The van der Waals surface area contributed by atoms with E-state index in [9.17, 15) is 0 Å². The van der Waals surface area contributed by atoms with Crippen LogP contribution in [0.5, 0.6) is 0 Å². The molecule has 0 radical (unpaired) electrons. The molecule has 1 aliphatic carbocycles. The third-order valence-corrected chi connectivity index (χ3v) is 3.91. The van der Waals surface area contributed by atoms with Crippen molar-refractivity contribution in [2.75, 3.05) is 20.6 Å². The Balaban J connectivity index is 1.63. The molecule has 0 aromatic carbocycles. The standard InChI is InChI=1S/C16H33N/c1-17(2)15-11-9-7-5-3-4-6-8-10-12-16-13-14-16/h16H,3-15H2,1-2H3. The monoisotopic (exact) mass is 239 g/mol. The molecule has 0 N–H and O–H groups in total. The minimum atomic E-state index is 1.15. The van der Waals surface area contributed by atoms with Crippen LogP contribution < -0.4 is 0 Å². The molecule has 0 bridgehead atoms. The number of hydrogen-bond acceptors (Lipinski definition) is 1. The zero-order chi connectivity index (χ0) is 12.3. The van der Waals surface area contributed by atoms with Gasteiger partial charge in [-0.2, -0.15) is 0 Å². The van der Waals surface area contributed by atoms with Crippen molar-refractivity contribution in [3.05, 3.63) is 0 Å². The largest absolute Gasteiger partial charge is 0.309 e. The first-order valence-electron chi connectivity index (χ1n) is 7.94. The molecule has 1 rings (SSSR count). The molecule has 1 aliphatic rings. The van der Waals surface area contributed by atoms with Crippen molar-refractivity contribution in [3.8, 4) is 0 Å². The van der Waals surface area contributed by atoms with Crippen molar-refractivity contribution < 1.29 is 0 Å². The van der Waals surface area contributed by atoms with E-state index in [0.29, 0.717) is 0 Å². The quantitative estimate of drug-likeness (QED) is 0.440. The molecular weight excluding hydrogens is 206 g/mol. The number of hydrogen-bond donors (Lipinski definition) is 0. The summed E-state index contributed by atoms with van der Waals surface area (Å²) in [6.45, 7) is 1.27. The predicted molar refractivity (Wildman–Crippen MR) is 77.4 cm³/mol. The van der Waals surface area contributed by atoms with E-state index in [2.05, 4.69) is 19.0 Å². The van der Waals surface area contributed by atoms with E-state index >= 15 is 0 Å². The Hall–Kier alpha value is -0.0400. The van der Waals surface area contributed by atoms with E-state index in [4.69, 9.17) is 0 Å². The van der Waals surface area contributed by atoms with Crippen LogP contribution in [0.3, 0.4) is 0 Å². The van der Waals surface area contributed by atoms with E-state index in [0.717, 1.165) is 5.92 Å². The molecule has 0 heterocycles. The second-order valence-electron chi connectivity index (χ2n) is 6.22. The van der Waals surface area contributed by atoms with E-state index in [1.54, 1.807) is 0 Å². The van der Waals surface area contributed by atoms with E-state index in [1.807, 2.05) is 0 Å². The summed E-state index contributed by atoms with van der Waals surface area (Å²) in [4.78, 5) is 2.29. The fraction of sp³-hybridized carbons (Fsp3) is 1.00. The highest BCUT2D eigenvalue weighted by atomic mass is 15.0. The average Bonchev–Trinajstić information content (AvgIpc) is 3.09. The van der Waals surface area contributed by atoms with E-state index in [-0.39, 0.29) is 0 Å². The number of unbranched alkanes of at least 4 members (excludes halogenated alkanes) is 8. The molecule has 1 heteroatoms. The smallest absolute Gasteiger partial charge is 0.00248 e. The van der Waals surface area contributed by atoms with Gasteiger partial charge in [0.2, 0.25) is 0 Å². The Bertz CT molecular complexity index is 151. The maximum atomic E-state index is 2.29. The van der Waals surface area contributed by atoms with Crippen LogP contribution in [0.4, 0.5) is 0 Å². The van der Waals surface area contributed by atoms with Crippen LogP contribution >= 0.6 is 0 Å². The minimum Gasteiger partial charge on any atom is -0.309 e. The molecule has 0 aromatic heterocycles. The lowest BCUT2D eigenvalue weighted by Crippen LogP contribution is -2.12. The van der Waals surface area contributed by atoms with Crippen LogP contribution in [0.1, 0.15) is 77.0 Å².